The quantitative estimate of drug-likeness (QED) is 0.828. The zero-order chi connectivity index (χ0) is 12.3. The first-order chi connectivity index (χ1) is 8.20. The molecule has 2 rings (SSSR count). The van der Waals surface area contributed by atoms with E-state index in [9.17, 15) is 4.79 Å². The van der Waals surface area contributed by atoms with E-state index in [1.807, 2.05) is 0 Å². The van der Waals surface area contributed by atoms with Gasteiger partial charge < -0.3 is 5.32 Å². The predicted molar refractivity (Wildman–Crippen MR) is 65.6 cm³/mol. The Kier molecular flexibility index (Phi) is 3.22. The van der Waals surface area contributed by atoms with Crippen LogP contribution < -0.4 is 5.32 Å². The molecule has 5 heteroatoms. The van der Waals surface area contributed by atoms with Crippen LogP contribution in [0.3, 0.4) is 0 Å². The molecule has 0 spiro atoms. The maximum Gasteiger partial charge on any atom is 0.238 e. The third kappa shape index (κ3) is 2.52. The molecule has 0 radical (unpaired) electrons. The number of hydrogen-bond acceptors (Lipinski definition) is 3. The highest BCUT2D eigenvalue weighted by molar-refractivity contribution is 6.34. The topological polar surface area (TPSA) is 65.8 Å². The van der Waals surface area contributed by atoms with Crippen molar-refractivity contribution >= 4 is 34.0 Å². The van der Waals surface area contributed by atoms with E-state index < -0.39 is 0 Å². The minimum absolute atomic E-state index is 0.158. The SMILES string of the molecule is N#CCC(=O)Nc1ccc2c(Cl)nccc2c1. The van der Waals surface area contributed by atoms with Crippen LogP contribution >= 0.6 is 11.6 Å². The van der Waals surface area contributed by atoms with Gasteiger partial charge in [-0.25, -0.2) is 4.98 Å². The zero-order valence-electron chi connectivity index (χ0n) is 8.77. The Morgan fingerprint density at radius 2 is 2.29 bits per heavy atom. The number of anilines is 1. The Labute approximate surface area is 103 Å². The number of hydrogen-bond donors (Lipinski definition) is 1. The zero-order valence-corrected chi connectivity index (χ0v) is 9.53. The molecule has 0 aliphatic rings. The third-order valence-electron chi connectivity index (χ3n) is 2.24. The number of pyridine rings is 1. The van der Waals surface area contributed by atoms with Crippen molar-refractivity contribution < 1.29 is 4.79 Å². The maximum atomic E-state index is 11.2. The molecule has 84 valence electrons. The van der Waals surface area contributed by atoms with Gasteiger partial charge in [0.25, 0.3) is 0 Å². The fourth-order valence-electron chi connectivity index (χ4n) is 1.50. The lowest BCUT2D eigenvalue weighted by molar-refractivity contribution is -0.115. The van der Waals surface area contributed by atoms with E-state index in [4.69, 9.17) is 16.9 Å². The first-order valence-electron chi connectivity index (χ1n) is 4.92. The van der Waals surface area contributed by atoms with Gasteiger partial charge in [0.1, 0.15) is 11.6 Å². The average Bonchev–Trinajstić information content (AvgIpc) is 2.29. The van der Waals surface area contributed by atoms with E-state index in [0.29, 0.717) is 10.8 Å². The summed E-state index contributed by atoms with van der Waals surface area (Å²) in [6, 6.07) is 8.90. The van der Waals surface area contributed by atoms with Gasteiger partial charge in [0, 0.05) is 17.3 Å². The second-order valence-electron chi connectivity index (χ2n) is 3.42. The van der Waals surface area contributed by atoms with Crippen molar-refractivity contribution in [2.24, 2.45) is 0 Å². The summed E-state index contributed by atoms with van der Waals surface area (Å²) >= 11 is 5.92. The van der Waals surface area contributed by atoms with Gasteiger partial charge in [-0.1, -0.05) is 11.6 Å². The summed E-state index contributed by atoms with van der Waals surface area (Å²) < 4.78 is 0. The van der Waals surface area contributed by atoms with E-state index in [1.54, 1.807) is 36.5 Å². The van der Waals surface area contributed by atoms with Crippen LogP contribution in [-0.2, 0) is 4.79 Å². The van der Waals surface area contributed by atoms with Crippen LogP contribution in [0.4, 0.5) is 5.69 Å². The Hall–Kier alpha value is -2.12. The second-order valence-corrected chi connectivity index (χ2v) is 3.78. The smallest absolute Gasteiger partial charge is 0.238 e. The van der Waals surface area contributed by atoms with Gasteiger partial charge in [0.05, 0.1) is 6.07 Å². The highest BCUT2D eigenvalue weighted by atomic mass is 35.5. The summed E-state index contributed by atoms with van der Waals surface area (Å²) in [5.41, 5.74) is 0.639. The number of nitrogens with one attached hydrogen (secondary N) is 1. The van der Waals surface area contributed by atoms with Crippen LogP contribution in [0.15, 0.2) is 30.5 Å². The third-order valence-corrected chi connectivity index (χ3v) is 2.54. The second kappa shape index (κ2) is 4.81. The molecule has 0 bridgehead atoms. The largest absolute Gasteiger partial charge is 0.325 e. The number of amides is 1. The number of benzene rings is 1. The number of nitriles is 1. The minimum Gasteiger partial charge on any atom is -0.325 e. The molecule has 0 atom stereocenters. The van der Waals surface area contributed by atoms with E-state index >= 15 is 0 Å². The molecule has 1 heterocycles. The van der Waals surface area contributed by atoms with Gasteiger partial charge in [-0.05, 0) is 29.7 Å². The van der Waals surface area contributed by atoms with Crippen LogP contribution in [0.25, 0.3) is 10.8 Å². The van der Waals surface area contributed by atoms with E-state index in [-0.39, 0.29) is 12.3 Å². The number of nitrogens with zero attached hydrogens (tertiary/aromatic N) is 2. The fourth-order valence-corrected chi connectivity index (χ4v) is 1.72. The number of rotatable bonds is 2. The van der Waals surface area contributed by atoms with Crippen molar-refractivity contribution in [1.29, 1.82) is 5.26 Å². The molecule has 0 saturated carbocycles. The summed E-state index contributed by atoms with van der Waals surface area (Å²) in [6.07, 6.45) is 1.45. The first-order valence-corrected chi connectivity index (χ1v) is 5.29. The van der Waals surface area contributed by atoms with Crippen LogP contribution in [0.2, 0.25) is 5.15 Å². The molecule has 1 aromatic heterocycles. The lowest BCUT2D eigenvalue weighted by Gasteiger charge is -2.05. The van der Waals surface area contributed by atoms with Crippen LogP contribution in [0.1, 0.15) is 6.42 Å². The highest BCUT2D eigenvalue weighted by Crippen LogP contribution is 2.23. The molecule has 0 aliphatic carbocycles. The molecular formula is C12H8ClN3O. The Morgan fingerprint density at radius 3 is 3.06 bits per heavy atom. The Morgan fingerprint density at radius 1 is 1.47 bits per heavy atom. The summed E-state index contributed by atoms with van der Waals surface area (Å²) in [7, 11) is 0. The van der Waals surface area contributed by atoms with E-state index in [1.165, 1.54) is 0 Å². The molecule has 0 fully saturated rings. The maximum absolute atomic E-state index is 11.2. The van der Waals surface area contributed by atoms with Crippen molar-refractivity contribution in [2.75, 3.05) is 5.32 Å². The van der Waals surface area contributed by atoms with Gasteiger partial charge in [0.15, 0.2) is 0 Å². The number of halogens is 1. The standard InChI is InChI=1S/C12H8ClN3O/c13-12-10-2-1-9(16-11(17)3-5-14)7-8(10)4-6-15-12/h1-2,4,6-7H,3H2,(H,16,17). The Bertz CT molecular complexity index is 619. The van der Waals surface area contributed by atoms with Crippen LogP contribution in [0, 0.1) is 11.3 Å². The monoisotopic (exact) mass is 245 g/mol. The van der Waals surface area contributed by atoms with Crippen molar-refractivity contribution in [2.45, 2.75) is 6.42 Å². The highest BCUT2D eigenvalue weighted by Gasteiger charge is 2.04. The lowest BCUT2D eigenvalue weighted by Crippen LogP contribution is -2.09. The first kappa shape index (κ1) is 11.4. The number of fused-ring (bicyclic) bond motifs is 1. The minimum atomic E-state index is -0.327. The number of carbonyl (C=O) groups excluding carboxylic acids is 1. The molecule has 1 N–H and O–H groups in total. The van der Waals surface area contributed by atoms with E-state index in [2.05, 4.69) is 10.3 Å². The van der Waals surface area contributed by atoms with Gasteiger partial charge in [-0.3, -0.25) is 4.79 Å². The van der Waals surface area contributed by atoms with Crippen molar-refractivity contribution in [1.82, 2.24) is 4.98 Å². The molecule has 0 aliphatic heterocycles. The summed E-state index contributed by atoms with van der Waals surface area (Å²) in [5, 5.41) is 13.2. The normalized spacial score (nSPS) is 9.88. The van der Waals surface area contributed by atoms with Gasteiger partial charge in [-0.2, -0.15) is 5.26 Å². The predicted octanol–water partition coefficient (Wildman–Crippen LogP) is 2.74. The summed E-state index contributed by atoms with van der Waals surface area (Å²) in [6.45, 7) is 0. The average molecular weight is 246 g/mol. The van der Waals surface area contributed by atoms with Crippen LogP contribution in [-0.4, -0.2) is 10.9 Å². The number of carbonyl (C=O) groups is 1. The summed E-state index contributed by atoms with van der Waals surface area (Å²) in [4.78, 5) is 15.2. The number of aromatic nitrogens is 1. The fraction of sp³-hybridized carbons (Fsp3) is 0.0833. The van der Waals surface area contributed by atoms with Gasteiger partial charge >= 0.3 is 0 Å². The molecule has 1 amide bonds. The van der Waals surface area contributed by atoms with Gasteiger partial charge in [-0.15, -0.1) is 0 Å². The molecule has 17 heavy (non-hydrogen) atoms. The Balaban J connectivity index is 2.33. The molecule has 0 saturated heterocycles. The molecule has 1 aromatic carbocycles. The van der Waals surface area contributed by atoms with Crippen molar-refractivity contribution in [3.05, 3.63) is 35.6 Å². The molecule has 4 nitrogen and oxygen atoms in total. The molecule has 2 aromatic rings. The van der Waals surface area contributed by atoms with Crippen molar-refractivity contribution in [3.63, 3.8) is 0 Å². The molecular weight excluding hydrogens is 238 g/mol. The van der Waals surface area contributed by atoms with E-state index in [0.717, 1.165) is 10.8 Å². The van der Waals surface area contributed by atoms with Crippen molar-refractivity contribution in [3.8, 4) is 6.07 Å². The lowest BCUT2D eigenvalue weighted by atomic mass is 10.1. The van der Waals surface area contributed by atoms with Gasteiger partial charge in [0.2, 0.25) is 5.91 Å². The summed E-state index contributed by atoms with van der Waals surface area (Å²) in [5.74, 6) is -0.327. The van der Waals surface area contributed by atoms with Crippen LogP contribution in [0.5, 0.6) is 0 Å². The molecule has 0 unspecified atom stereocenters.